The molecule has 2 aromatic rings. The van der Waals surface area contributed by atoms with E-state index in [1.54, 1.807) is 6.21 Å². The van der Waals surface area contributed by atoms with Crippen LogP contribution in [0.2, 0.25) is 0 Å². The monoisotopic (exact) mass is 364 g/mol. The molecule has 0 N–H and O–H groups in total. The van der Waals surface area contributed by atoms with Crippen molar-refractivity contribution in [3.8, 4) is 0 Å². The van der Waals surface area contributed by atoms with Gasteiger partial charge in [-0.3, -0.25) is 4.90 Å². The SMILES string of the molecule is CC(C)(C)OC(=O)/N=C/C1CN(Cc2ccccc2)C[C@H]1c1ccccc1. The fourth-order valence-electron chi connectivity index (χ4n) is 3.53. The summed E-state index contributed by atoms with van der Waals surface area (Å²) < 4.78 is 5.31. The van der Waals surface area contributed by atoms with Crippen LogP contribution in [-0.2, 0) is 11.3 Å². The zero-order chi connectivity index (χ0) is 19.3. The lowest BCUT2D eigenvalue weighted by Crippen LogP contribution is -2.23. The molecule has 1 unspecified atom stereocenters. The summed E-state index contributed by atoms with van der Waals surface area (Å²) in [6.45, 7) is 8.28. The Morgan fingerprint density at radius 3 is 2.33 bits per heavy atom. The van der Waals surface area contributed by atoms with Crippen molar-refractivity contribution in [1.82, 2.24) is 4.90 Å². The number of hydrogen-bond acceptors (Lipinski definition) is 3. The quantitative estimate of drug-likeness (QED) is 0.724. The van der Waals surface area contributed by atoms with E-state index in [2.05, 4.69) is 58.4 Å². The second-order valence-corrected chi connectivity index (χ2v) is 8.12. The minimum atomic E-state index is -0.526. The molecule has 0 radical (unpaired) electrons. The number of carbonyl (C=O) groups excluding carboxylic acids is 1. The van der Waals surface area contributed by atoms with Crippen LogP contribution in [0.4, 0.5) is 4.79 Å². The molecule has 1 heterocycles. The molecule has 0 aliphatic carbocycles. The van der Waals surface area contributed by atoms with Crippen LogP contribution in [0.1, 0.15) is 37.8 Å². The highest BCUT2D eigenvalue weighted by atomic mass is 16.6. The fraction of sp³-hybridized carbons (Fsp3) is 0.391. The highest BCUT2D eigenvalue weighted by Gasteiger charge is 2.33. The van der Waals surface area contributed by atoms with Gasteiger partial charge >= 0.3 is 6.09 Å². The van der Waals surface area contributed by atoms with Crippen LogP contribution in [0.3, 0.4) is 0 Å². The molecule has 4 nitrogen and oxygen atoms in total. The topological polar surface area (TPSA) is 41.9 Å². The Hall–Kier alpha value is -2.46. The lowest BCUT2D eigenvalue weighted by atomic mass is 9.90. The van der Waals surface area contributed by atoms with Crippen LogP contribution in [-0.4, -0.2) is 35.9 Å². The molecule has 2 atom stereocenters. The van der Waals surface area contributed by atoms with Crippen LogP contribution in [0.25, 0.3) is 0 Å². The predicted molar refractivity (Wildman–Crippen MR) is 109 cm³/mol. The minimum Gasteiger partial charge on any atom is -0.442 e. The lowest BCUT2D eigenvalue weighted by molar-refractivity contribution is 0.0604. The molecular weight excluding hydrogens is 336 g/mol. The summed E-state index contributed by atoms with van der Waals surface area (Å²) in [6.07, 6.45) is 1.27. The Balaban J connectivity index is 1.73. The smallest absolute Gasteiger partial charge is 0.433 e. The Bertz CT molecular complexity index is 766. The largest absolute Gasteiger partial charge is 0.442 e. The van der Waals surface area contributed by atoms with E-state index in [1.807, 2.05) is 32.9 Å². The molecule has 0 aromatic heterocycles. The summed E-state index contributed by atoms with van der Waals surface area (Å²) in [5.74, 6) is 0.504. The molecule has 1 aliphatic heterocycles. The number of likely N-dealkylation sites (tertiary alicyclic amines) is 1. The molecule has 1 saturated heterocycles. The van der Waals surface area contributed by atoms with Gasteiger partial charge in [-0.15, -0.1) is 0 Å². The molecule has 1 amide bonds. The van der Waals surface area contributed by atoms with Gasteiger partial charge in [0.15, 0.2) is 0 Å². The van der Waals surface area contributed by atoms with Crippen molar-refractivity contribution in [2.45, 2.75) is 38.8 Å². The molecule has 2 aromatic carbocycles. The van der Waals surface area contributed by atoms with Gasteiger partial charge in [0.2, 0.25) is 0 Å². The van der Waals surface area contributed by atoms with Crippen LogP contribution in [0.15, 0.2) is 65.7 Å². The van der Waals surface area contributed by atoms with E-state index in [0.717, 1.165) is 19.6 Å². The zero-order valence-electron chi connectivity index (χ0n) is 16.3. The second-order valence-electron chi connectivity index (χ2n) is 8.12. The first-order valence-electron chi connectivity index (χ1n) is 9.49. The van der Waals surface area contributed by atoms with Crippen LogP contribution >= 0.6 is 0 Å². The van der Waals surface area contributed by atoms with E-state index in [4.69, 9.17) is 4.74 Å². The Labute approximate surface area is 161 Å². The van der Waals surface area contributed by atoms with E-state index in [0.29, 0.717) is 5.92 Å². The van der Waals surface area contributed by atoms with Gasteiger partial charge in [-0.1, -0.05) is 60.7 Å². The average Bonchev–Trinajstić information content (AvgIpc) is 3.03. The highest BCUT2D eigenvalue weighted by Crippen LogP contribution is 2.32. The number of amides is 1. The molecule has 1 fully saturated rings. The van der Waals surface area contributed by atoms with Gasteiger partial charge in [-0.25, -0.2) is 4.79 Å². The van der Waals surface area contributed by atoms with Gasteiger partial charge < -0.3 is 4.74 Å². The Kier molecular flexibility index (Phi) is 6.07. The van der Waals surface area contributed by atoms with Crippen molar-refractivity contribution in [2.75, 3.05) is 13.1 Å². The molecular formula is C23H28N2O2. The van der Waals surface area contributed by atoms with E-state index in [9.17, 15) is 4.79 Å². The molecule has 1 aliphatic rings. The molecule has 0 bridgehead atoms. The highest BCUT2D eigenvalue weighted by molar-refractivity contribution is 5.81. The number of carbonyl (C=O) groups is 1. The van der Waals surface area contributed by atoms with E-state index in [1.165, 1.54) is 11.1 Å². The van der Waals surface area contributed by atoms with Crippen LogP contribution < -0.4 is 0 Å². The van der Waals surface area contributed by atoms with Gasteiger partial charge in [-0.05, 0) is 31.9 Å². The van der Waals surface area contributed by atoms with Crippen molar-refractivity contribution < 1.29 is 9.53 Å². The second kappa shape index (κ2) is 8.49. The van der Waals surface area contributed by atoms with Gasteiger partial charge in [-0.2, -0.15) is 4.99 Å². The summed E-state index contributed by atoms with van der Waals surface area (Å²) in [6, 6.07) is 21.0. The van der Waals surface area contributed by atoms with Crippen molar-refractivity contribution in [1.29, 1.82) is 0 Å². The lowest BCUT2D eigenvalue weighted by Gasteiger charge is -2.18. The third-order valence-electron chi connectivity index (χ3n) is 4.68. The molecule has 27 heavy (non-hydrogen) atoms. The van der Waals surface area contributed by atoms with Gasteiger partial charge in [0.25, 0.3) is 0 Å². The number of benzene rings is 2. The molecule has 142 valence electrons. The molecule has 0 saturated carbocycles. The van der Waals surface area contributed by atoms with Crippen molar-refractivity contribution in [2.24, 2.45) is 10.9 Å². The summed E-state index contributed by atoms with van der Waals surface area (Å²) >= 11 is 0. The van der Waals surface area contributed by atoms with Crippen LogP contribution in [0.5, 0.6) is 0 Å². The maximum atomic E-state index is 12.0. The zero-order valence-corrected chi connectivity index (χ0v) is 16.3. The summed E-state index contributed by atoms with van der Waals surface area (Å²) in [5, 5.41) is 0. The van der Waals surface area contributed by atoms with E-state index in [-0.39, 0.29) is 5.92 Å². The number of nitrogens with zero attached hydrogens (tertiary/aromatic N) is 2. The average molecular weight is 364 g/mol. The van der Waals surface area contributed by atoms with Gasteiger partial charge in [0.05, 0.1) is 0 Å². The number of aliphatic imine (C=N–C) groups is 1. The predicted octanol–water partition coefficient (Wildman–Crippen LogP) is 4.91. The van der Waals surface area contributed by atoms with Gasteiger partial charge in [0, 0.05) is 37.7 Å². The maximum absolute atomic E-state index is 12.0. The molecule has 3 rings (SSSR count). The first-order valence-corrected chi connectivity index (χ1v) is 9.49. The third kappa shape index (κ3) is 5.76. The third-order valence-corrected chi connectivity index (χ3v) is 4.68. The summed E-state index contributed by atoms with van der Waals surface area (Å²) in [7, 11) is 0. The fourth-order valence-corrected chi connectivity index (χ4v) is 3.53. The first-order chi connectivity index (χ1) is 12.9. The summed E-state index contributed by atoms with van der Waals surface area (Å²) in [4.78, 5) is 18.5. The van der Waals surface area contributed by atoms with Crippen LogP contribution in [0, 0.1) is 5.92 Å². The maximum Gasteiger partial charge on any atom is 0.433 e. The minimum absolute atomic E-state index is 0.184. The van der Waals surface area contributed by atoms with E-state index < -0.39 is 11.7 Å². The van der Waals surface area contributed by atoms with Crippen molar-refractivity contribution >= 4 is 12.3 Å². The Morgan fingerprint density at radius 1 is 1.07 bits per heavy atom. The molecule has 0 spiro atoms. The number of hydrogen-bond donors (Lipinski definition) is 0. The van der Waals surface area contributed by atoms with Crippen molar-refractivity contribution in [3.05, 3.63) is 71.8 Å². The Morgan fingerprint density at radius 2 is 1.70 bits per heavy atom. The molecule has 4 heteroatoms. The standard InChI is InChI=1S/C23H28N2O2/c1-23(2,3)27-22(26)24-14-20-16-25(15-18-10-6-4-7-11-18)17-21(20)19-12-8-5-9-13-19/h4-14,20-21H,15-17H2,1-3H3/b24-14+/t20?,21-/m0/s1. The van der Waals surface area contributed by atoms with Gasteiger partial charge in [0.1, 0.15) is 5.60 Å². The summed E-state index contributed by atoms with van der Waals surface area (Å²) in [5.41, 5.74) is 2.06. The van der Waals surface area contributed by atoms with Crippen molar-refractivity contribution in [3.63, 3.8) is 0 Å². The normalized spacial score (nSPS) is 20.9. The number of rotatable bonds is 4. The number of ether oxygens (including phenoxy) is 1. The first kappa shape index (κ1) is 19.3. The van der Waals surface area contributed by atoms with E-state index >= 15 is 0 Å².